The molecule has 0 aliphatic heterocycles. The molecule has 0 atom stereocenters. The standard InChI is InChI=1S/C23H18Cl3N3O3/c1-14-4-2-3-5-20(14)28-21(30)13-32-22-18(25)10-15(11-19(22)26)12-27-29-23(31)16-6-8-17(24)9-7-16/h2-12H,13H2,1H3,(H,28,30)(H,29,31)/b27-12+. The fourth-order valence-corrected chi connectivity index (χ4v) is 3.40. The molecule has 0 saturated carbocycles. The van der Waals surface area contributed by atoms with E-state index in [0.717, 1.165) is 5.56 Å². The van der Waals surface area contributed by atoms with Gasteiger partial charge in [-0.2, -0.15) is 5.10 Å². The molecule has 32 heavy (non-hydrogen) atoms. The Morgan fingerprint density at radius 2 is 1.66 bits per heavy atom. The lowest BCUT2D eigenvalue weighted by Gasteiger charge is -2.12. The zero-order valence-corrected chi connectivity index (χ0v) is 19.1. The minimum atomic E-state index is -0.394. The number of nitrogens with one attached hydrogen (secondary N) is 2. The van der Waals surface area contributed by atoms with Gasteiger partial charge in [0, 0.05) is 16.3 Å². The van der Waals surface area contributed by atoms with E-state index in [-0.39, 0.29) is 28.3 Å². The average Bonchev–Trinajstić information content (AvgIpc) is 2.75. The van der Waals surface area contributed by atoms with Gasteiger partial charge in [0.05, 0.1) is 16.3 Å². The summed E-state index contributed by atoms with van der Waals surface area (Å²) < 4.78 is 5.51. The van der Waals surface area contributed by atoms with E-state index in [9.17, 15) is 9.59 Å². The number of hydrogen-bond acceptors (Lipinski definition) is 4. The predicted molar refractivity (Wildman–Crippen MR) is 128 cm³/mol. The minimum Gasteiger partial charge on any atom is -0.481 e. The Bertz CT molecular complexity index is 1140. The van der Waals surface area contributed by atoms with E-state index in [1.165, 1.54) is 6.21 Å². The lowest BCUT2D eigenvalue weighted by molar-refractivity contribution is -0.118. The van der Waals surface area contributed by atoms with Crippen LogP contribution in [-0.2, 0) is 4.79 Å². The molecule has 0 aliphatic carbocycles. The second-order valence-electron chi connectivity index (χ2n) is 6.67. The van der Waals surface area contributed by atoms with Gasteiger partial charge in [0.1, 0.15) is 0 Å². The van der Waals surface area contributed by atoms with Crippen LogP contribution in [0.2, 0.25) is 15.1 Å². The van der Waals surface area contributed by atoms with Crippen LogP contribution in [0.3, 0.4) is 0 Å². The molecular formula is C23H18Cl3N3O3. The maximum absolute atomic E-state index is 12.2. The first-order valence-electron chi connectivity index (χ1n) is 9.40. The number of anilines is 1. The van der Waals surface area contributed by atoms with E-state index in [2.05, 4.69) is 15.8 Å². The van der Waals surface area contributed by atoms with E-state index < -0.39 is 5.91 Å². The van der Waals surface area contributed by atoms with Gasteiger partial charge in [0.25, 0.3) is 11.8 Å². The van der Waals surface area contributed by atoms with E-state index >= 15 is 0 Å². The topological polar surface area (TPSA) is 79.8 Å². The molecule has 3 rings (SSSR count). The summed E-state index contributed by atoms with van der Waals surface area (Å²) in [6, 6.07) is 16.9. The molecular weight excluding hydrogens is 473 g/mol. The van der Waals surface area contributed by atoms with Gasteiger partial charge in [-0.25, -0.2) is 5.43 Å². The summed E-state index contributed by atoms with van der Waals surface area (Å²) in [6.07, 6.45) is 1.39. The third-order valence-electron chi connectivity index (χ3n) is 4.27. The summed E-state index contributed by atoms with van der Waals surface area (Å²) in [5, 5.41) is 7.60. The van der Waals surface area contributed by atoms with Gasteiger partial charge < -0.3 is 10.1 Å². The van der Waals surface area contributed by atoms with Crippen molar-refractivity contribution in [1.82, 2.24) is 5.43 Å². The lowest BCUT2D eigenvalue weighted by atomic mass is 10.2. The van der Waals surface area contributed by atoms with Crippen LogP contribution in [0.1, 0.15) is 21.5 Å². The number of rotatable bonds is 7. The van der Waals surface area contributed by atoms with E-state index in [0.29, 0.717) is 21.8 Å². The summed E-state index contributed by atoms with van der Waals surface area (Å²) in [4.78, 5) is 24.2. The number of carbonyl (C=O) groups excluding carboxylic acids is 2. The number of hydrazone groups is 1. The molecule has 0 saturated heterocycles. The van der Waals surface area contributed by atoms with Crippen molar-refractivity contribution >= 4 is 58.5 Å². The van der Waals surface area contributed by atoms with Gasteiger partial charge in [-0.3, -0.25) is 9.59 Å². The van der Waals surface area contributed by atoms with Crippen molar-refractivity contribution in [2.45, 2.75) is 6.92 Å². The van der Waals surface area contributed by atoms with Gasteiger partial charge in [0.2, 0.25) is 0 Å². The SMILES string of the molecule is Cc1ccccc1NC(=O)COc1c(Cl)cc(/C=N/NC(=O)c2ccc(Cl)cc2)cc1Cl. The van der Waals surface area contributed by atoms with Crippen LogP contribution in [0.5, 0.6) is 5.75 Å². The second kappa shape index (κ2) is 11.0. The van der Waals surface area contributed by atoms with Gasteiger partial charge in [-0.05, 0) is 60.5 Å². The normalized spacial score (nSPS) is 10.8. The highest BCUT2D eigenvalue weighted by atomic mass is 35.5. The molecule has 0 fully saturated rings. The Labute approximate surface area is 200 Å². The highest BCUT2D eigenvalue weighted by Crippen LogP contribution is 2.33. The summed E-state index contributed by atoms with van der Waals surface area (Å²) in [7, 11) is 0. The maximum Gasteiger partial charge on any atom is 0.271 e. The Hall–Kier alpha value is -3.06. The molecule has 0 radical (unpaired) electrons. The maximum atomic E-state index is 12.2. The Kier molecular flexibility index (Phi) is 8.11. The number of nitrogens with zero attached hydrogens (tertiary/aromatic N) is 1. The van der Waals surface area contributed by atoms with Crippen LogP contribution >= 0.6 is 34.8 Å². The van der Waals surface area contributed by atoms with Crippen LogP contribution in [-0.4, -0.2) is 24.6 Å². The number of halogens is 3. The van der Waals surface area contributed by atoms with Gasteiger partial charge >= 0.3 is 0 Å². The van der Waals surface area contributed by atoms with Crippen molar-refractivity contribution in [3.8, 4) is 5.75 Å². The van der Waals surface area contributed by atoms with Crippen molar-refractivity contribution in [2.75, 3.05) is 11.9 Å². The molecule has 164 valence electrons. The van der Waals surface area contributed by atoms with Crippen LogP contribution in [0.15, 0.2) is 65.8 Å². The van der Waals surface area contributed by atoms with Gasteiger partial charge in [-0.15, -0.1) is 0 Å². The summed E-state index contributed by atoms with van der Waals surface area (Å²) >= 11 is 18.3. The number of aryl methyl sites for hydroxylation is 1. The molecule has 3 aromatic rings. The van der Waals surface area contributed by atoms with Crippen LogP contribution in [0.4, 0.5) is 5.69 Å². The molecule has 0 spiro atoms. The van der Waals surface area contributed by atoms with Gasteiger partial charge in [0.15, 0.2) is 12.4 Å². The van der Waals surface area contributed by atoms with Crippen molar-refractivity contribution in [3.63, 3.8) is 0 Å². The van der Waals surface area contributed by atoms with Crippen molar-refractivity contribution < 1.29 is 14.3 Å². The van der Waals surface area contributed by atoms with Crippen LogP contribution < -0.4 is 15.5 Å². The smallest absolute Gasteiger partial charge is 0.271 e. The van der Waals surface area contributed by atoms with Crippen LogP contribution in [0.25, 0.3) is 0 Å². The summed E-state index contributed by atoms with van der Waals surface area (Å²) in [5.41, 5.74) is 4.99. The number of hydrogen-bond donors (Lipinski definition) is 2. The molecule has 6 nitrogen and oxygen atoms in total. The molecule has 0 heterocycles. The Morgan fingerprint density at radius 1 is 1.00 bits per heavy atom. The first-order chi connectivity index (χ1) is 15.3. The lowest BCUT2D eigenvalue weighted by Crippen LogP contribution is -2.20. The highest BCUT2D eigenvalue weighted by Gasteiger charge is 2.12. The second-order valence-corrected chi connectivity index (χ2v) is 7.92. The minimum absolute atomic E-state index is 0.176. The zero-order chi connectivity index (χ0) is 23.1. The number of benzene rings is 3. The van der Waals surface area contributed by atoms with E-state index in [1.807, 2.05) is 25.1 Å². The molecule has 9 heteroatoms. The summed E-state index contributed by atoms with van der Waals surface area (Å²) in [6.45, 7) is 1.63. The average molecular weight is 491 g/mol. The number of ether oxygens (including phenoxy) is 1. The third kappa shape index (κ3) is 6.47. The van der Waals surface area contributed by atoms with E-state index in [1.54, 1.807) is 42.5 Å². The van der Waals surface area contributed by atoms with Crippen LogP contribution in [0, 0.1) is 6.92 Å². The largest absolute Gasteiger partial charge is 0.481 e. The van der Waals surface area contributed by atoms with E-state index in [4.69, 9.17) is 39.5 Å². The fourth-order valence-electron chi connectivity index (χ4n) is 2.66. The predicted octanol–water partition coefficient (Wildman–Crippen LogP) is 5.74. The number of carbonyl (C=O) groups is 2. The molecule has 0 aromatic heterocycles. The molecule has 0 bridgehead atoms. The number of amides is 2. The molecule has 2 N–H and O–H groups in total. The molecule has 2 amide bonds. The summed E-state index contributed by atoms with van der Waals surface area (Å²) in [5.74, 6) is -0.563. The Balaban J connectivity index is 1.59. The fraction of sp³-hybridized carbons (Fsp3) is 0.0870. The quantitative estimate of drug-likeness (QED) is 0.327. The third-order valence-corrected chi connectivity index (χ3v) is 5.09. The Morgan fingerprint density at radius 3 is 2.31 bits per heavy atom. The monoisotopic (exact) mass is 489 g/mol. The molecule has 0 unspecified atom stereocenters. The first-order valence-corrected chi connectivity index (χ1v) is 10.5. The zero-order valence-electron chi connectivity index (χ0n) is 16.9. The highest BCUT2D eigenvalue weighted by molar-refractivity contribution is 6.37. The molecule has 3 aromatic carbocycles. The molecule has 0 aliphatic rings. The van der Waals surface area contributed by atoms with Gasteiger partial charge in [-0.1, -0.05) is 53.0 Å². The van der Waals surface area contributed by atoms with Crippen molar-refractivity contribution in [2.24, 2.45) is 5.10 Å². The van der Waals surface area contributed by atoms with Crippen molar-refractivity contribution in [1.29, 1.82) is 0 Å². The first kappa shape index (κ1) is 23.6. The van der Waals surface area contributed by atoms with Crippen molar-refractivity contribution in [3.05, 3.63) is 92.4 Å². The number of para-hydroxylation sites is 1.